The Hall–Kier alpha value is -0.440. The third kappa shape index (κ3) is 3.04. The molecule has 1 fully saturated rings. The second-order valence-electron chi connectivity index (χ2n) is 5.92. The summed E-state index contributed by atoms with van der Waals surface area (Å²) in [6.07, 6.45) is 1.36. The zero-order valence-corrected chi connectivity index (χ0v) is 15.3. The van der Waals surface area contributed by atoms with Crippen molar-refractivity contribution in [3.63, 3.8) is 0 Å². The lowest BCUT2D eigenvalue weighted by Crippen LogP contribution is -2.56. The standard InChI is InChI=1S/C13H18BrNO4S2/c1-8-9(7-10(14)20-8)21(18,19)15-6-4-5-13(2,3)11(15)12(16)17/h7,11H,4-6H2,1-3H3,(H,16,17). The first kappa shape index (κ1) is 16.9. The first-order valence-electron chi connectivity index (χ1n) is 6.58. The molecule has 0 radical (unpaired) electrons. The van der Waals surface area contributed by atoms with Crippen molar-refractivity contribution >= 4 is 43.3 Å². The summed E-state index contributed by atoms with van der Waals surface area (Å²) in [4.78, 5) is 12.5. The Bertz CT molecular complexity index is 666. The summed E-state index contributed by atoms with van der Waals surface area (Å²) < 4.78 is 27.6. The maximum absolute atomic E-state index is 12.9. The average molecular weight is 396 g/mol. The molecule has 1 unspecified atom stereocenters. The van der Waals surface area contributed by atoms with Crippen LogP contribution in [0.1, 0.15) is 31.6 Å². The predicted molar refractivity (Wildman–Crippen MR) is 85.1 cm³/mol. The van der Waals surface area contributed by atoms with Gasteiger partial charge < -0.3 is 5.11 Å². The van der Waals surface area contributed by atoms with Gasteiger partial charge in [-0.25, -0.2) is 8.42 Å². The number of hydrogen-bond acceptors (Lipinski definition) is 4. The number of rotatable bonds is 3. The molecule has 1 aromatic rings. The van der Waals surface area contributed by atoms with E-state index in [1.807, 2.05) is 13.8 Å². The molecule has 8 heteroatoms. The quantitative estimate of drug-likeness (QED) is 0.852. The SMILES string of the molecule is Cc1sc(Br)cc1S(=O)(=O)N1CCCC(C)(C)C1C(=O)O. The van der Waals surface area contributed by atoms with Crippen LogP contribution in [0.5, 0.6) is 0 Å². The number of sulfonamides is 1. The molecule has 0 aromatic carbocycles. The lowest BCUT2D eigenvalue weighted by atomic mass is 9.77. The van der Waals surface area contributed by atoms with E-state index in [2.05, 4.69) is 15.9 Å². The highest BCUT2D eigenvalue weighted by Crippen LogP contribution is 2.40. The molecule has 0 amide bonds. The molecule has 1 aromatic heterocycles. The topological polar surface area (TPSA) is 74.7 Å². The molecule has 0 saturated carbocycles. The van der Waals surface area contributed by atoms with Gasteiger partial charge in [0.25, 0.3) is 0 Å². The van der Waals surface area contributed by atoms with Crippen LogP contribution in [0.15, 0.2) is 14.7 Å². The van der Waals surface area contributed by atoms with Crippen LogP contribution in [0.4, 0.5) is 0 Å². The fraction of sp³-hybridized carbons (Fsp3) is 0.615. The number of piperidine rings is 1. The Kier molecular flexibility index (Phi) is 4.55. The zero-order chi connectivity index (χ0) is 16.0. The average Bonchev–Trinajstić information content (AvgIpc) is 2.67. The second-order valence-corrected chi connectivity index (χ2v) is 10.4. The molecule has 1 aliphatic heterocycles. The summed E-state index contributed by atoms with van der Waals surface area (Å²) in [6.45, 7) is 5.59. The molecule has 0 bridgehead atoms. The monoisotopic (exact) mass is 395 g/mol. The van der Waals surface area contributed by atoms with Crippen molar-refractivity contribution in [2.45, 2.75) is 44.6 Å². The van der Waals surface area contributed by atoms with Gasteiger partial charge in [-0.15, -0.1) is 11.3 Å². The maximum atomic E-state index is 12.9. The summed E-state index contributed by atoms with van der Waals surface area (Å²) in [5, 5.41) is 9.52. The van der Waals surface area contributed by atoms with Crippen molar-refractivity contribution in [3.05, 3.63) is 14.7 Å². The van der Waals surface area contributed by atoms with Crippen LogP contribution in [-0.4, -0.2) is 36.4 Å². The maximum Gasteiger partial charge on any atom is 0.322 e. The van der Waals surface area contributed by atoms with Gasteiger partial charge in [-0.05, 0) is 47.2 Å². The molecule has 1 atom stereocenters. The number of aryl methyl sites for hydroxylation is 1. The molecule has 0 spiro atoms. The third-order valence-electron chi connectivity index (χ3n) is 3.89. The Morgan fingerprint density at radius 3 is 2.62 bits per heavy atom. The van der Waals surface area contributed by atoms with Gasteiger partial charge in [0.2, 0.25) is 10.0 Å². The number of carboxylic acids is 1. The van der Waals surface area contributed by atoms with Gasteiger partial charge in [-0.3, -0.25) is 4.79 Å². The minimum Gasteiger partial charge on any atom is -0.480 e. The van der Waals surface area contributed by atoms with E-state index in [0.717, 1.165) is 8.09 Å². The van der Waals surface area contributed by atoms with Crippen molar-refractivity contribution in [2.24, 2.45) is 5.41 Å². The van der Waals surface area contributed by atoms with Crippen LogP contribution in [-0.2, 0) is 14.8 Å². The molecule has 21 heavy (non-hydrogen) atoms. The number of halogens is 1. The predicted octanol–water partition coefficient (Wildman–Crippen LogP) is 3.08. The summed E-state index contributed by atoms with van der Waals surface area (Å²) in [7, 11) is -3.80. The minimum atomic E-state index is -3.80. The molecular formula is C13H18BrNO4S2. The highest BCUT2D eigenvalue weighted by atomic mass is 79.9. The molecule has 1 N–H and O–H groups in total. The Morgan fingerprint density at radius 1 is 1.52 bits per heavy atom. The summed E-state index contributed by atoms with van der Waals surface area (Å²) in [6, 6.07) is 0.518. The lowest BCUT2D eigenvalue weighted by Gasteiger charge is -2.42. The van der Waals surface area contributed by atoms with Gasteiger partial charge in [0, 0.05) is 11.4 Å². The van der Waals surface area contributed by atoms with E-state index < -0.39 is 27.4 Å². The zero-order valence-electron chi connectivity index (χ0n) is 12.1. The number of carbonyl (C=O) groups is 1. The number of aliphatic carboxylic acids is 1. The Labute approximate surface area is 137 Å². The molecule has 0 aliphatic carbocycles. The fourth-order valence-electron chi connectivity index (χ4n) is 2.88. The van der Waals surface area contributed by atoms with Gasteiger partial charge >= 0.3 is 5.97 Å². The van der Waals surface area contributed by atoms with E-state index in [9.17, 15) is 18.3 Å². The minimum absolute atomic E-state index is 0.198. The fourth-order valence-corrected chi connectivity index (χ4v) is 7.03. The van der Waals surface area contributed by atoms with Crippen molar-refractivity contribution < 1.29 is 18.3 Å². The highest BCUT2D eigenvalue weighted by molar-refractivity contribution is 9.11. The van der Waals surface area contributed by atoms with Crippen LogP contribution < -0.4 is 0 Å². The second kappa shape index (κ2) is 5.64. The first-order valence-corrected chi connectivity index (χ1v) is 9.63. The van der Waals surface area contributed by atoms with Crippen molar-refractivity contribution in [3.8, 4) is 0 Å². The number of thiophene rings is 1. The normalized spacial score (nSPS) is 23.1. The van der Waals surface area contributed by atoms with E-state index in [0.29, 0.717) is 17.7 Å². The van der Waals surface area contributed by atoms with Crippen LogP contribution in [0.2, 0.25) is 0 Å². The number of carboxylic acid groups (broad SMARTS) is 1. The lowest BCUT2D eigenvalue weighted by molar-refractivity contribution is -0.147. The number of nitrogens with zero attached hydrogens (tertiary/aromatic N) is 1. The molecule has 1 aliphatic rings. The first-order chi connectivity index (χ1) is 9.57. The van der Waals surface area contributed by atoms with Gasteiger partial charge in [0.15, 0.2) is 0 Å². The molecule has 118 valence electrons. The van der Waals surface area contributed by atoms with Gasteiger partial charge in [-0.2, -0.15) is 4.31 Å². The highest BCUT2D eigenvalue weighted by Gasteiger charge is 2.48. The number of hydrogen-bond donors (Lipinski definition) is 1. The smallest absolute Gasteiger partial charge is 0.322 e. The van der Waals surface area contributed by atoms with Gasteiger partial charge in [0.1, 0.15) is 6.04 Å². The molecule has 2 rings (SSSR count). The van der Waals surface area contributed by atoms with E-state index in [1.54, 1.807) is 13.0 Å². The van der Waals surface area contributed by atoms with Gasteiger partial charge in [-0.1, -0.05) is 13.8 Å². The Morgan fingerprint density at radius 2 is 2.14 bits per heavy atom. The molecule has 1 saturated heterocycles. The van der Waals surface area contributed by atoms with Crippen LogP contribution in [0.25, 0.3) is 0 Å². The third-order valence-corrected chi connectivity index (χ3v) is 7.56. The van der Waals surface area contributed by atoms with E-state index in [4.69, 9.17) is 0 Å². The van der Waals surface area contributed by atoms with Crippen LogP contribution in [0, 0.1) is 12.3 Å². The van der Waals surface area contributed by atoms with Crippen LogP contribution in [0.3, 0.4) is 0 Å². The van der Waals surface area contributed by atoms with Crippen LogP contribution >= 0.6 is 27.3 Å². The molecular weight excluding hydrogens is 378 g/mol. The summed E-state index contributed by atoms with van der Waals surface area (Å²) >= 11 is 4.62. The largest absolute Gasteiger partial charge is 0.480 e. The van der Waals surface area contributed by atoms with E-state index in [-0.39, 0.29) is 11.4 Å². The summed E-state index contributed by atoms with van der Waals surface area (Å²) in [5.74, 6) is -1.09. The van der Waals surface area contributed by atoms with Gasteiger partial charge in [0.05, 0.1) is 8.68 Å². The summed E-state index contributed by atoms with van der Waals surface area (Å²) in [5.41, 5.74) is -0.585. The van der Waals surface area contributed by atoms with Crippen molar-refractivity contribution in [2.75, 3.05) is 6.54 Å². The van der Waals surface area contributed by atoms with E-state index in [1.165, 1.54) is 11.3 Å². The van der Waals surface area contributed by atoms with E-state index >= 15 is 0 Å². The molecule has 2 heterocycles. The Balaban J connectivity index is 2.52. The van der Waals surface area contributed by atoms with Crippen molar-refractivity contribution in [1.29, 1.82) is 0 Å². The van der Waals surface area contributed by atoms with Crippen molar-refractivity contribution in [1.82, 2.24) is 4.31 Å². The molecule has 5 nitrogen and oxygen atoms in total.